The normalized spacial score (nSPS) is 10.7. The van der Waals surface area contributed by atoms with Gasteiger partial charge in [-0.05, 0) is 26.2 Å². The number of hydrogen-bond acceptors (Lipinski definition) is 6. The maximum Gasteiger partial charge on any atom is 0.341 e. The number of ether oxygens (including phenoxy) is 2. The van der Waals surface area contributed by atoms with Gasteiger partial charge >= 0.3 is 5.97 Å². The number of aryl methyl sites for hydroxylation is 1. The van der Waals surface area contributed by atoms with E-state index in [9.17, 15) is 4.79 Å². The van der Waals surface area contributed by atoms with Crippen molar-refractivity contribution in [3.8, 4) is 0 Å². The minimum absolute atomic E-state index is 0.339. The Balaban J connectivity index is 2.37. The molecule has 0 aromatic carbocycles. The zero-order valence-electron chi connectivity index (χ0n) is 13.3. The lowest BCUT2D eigenvalue weighted by molar-refractivity contribution is 0.0524. The molecule has 1 heterocycles. The average Bonchev–Trinajstić information content (AvgIpc) is 2.42. The summed E-state index contributed by atoms with van der Waals surface area (Å²) < 4.78 is 10.4. The second-order valence-electron chi connectivity index (χ2n) is 5.13. The van der Waals surface area contributed by atoms with Crippen LogP contribution in [0, 0.1) is 12.8 Å². The number of nitrogens with one attached hydrogen (secondary N) is 1. The number of esters is 1. The van der Waals surface area contributed by atoms with E-state index in [1.54, 1.807) is 13.8 Å². The third-order valence-electron chi connectivity index (χ3n) is 2.84. The van der Waals surface area contributed by atoms with Crippen LogP contribution >= 0.6 is 0 Å². The van der Waals surface area contributed by atoms with E-state index in [1.807, 2.05) is 0 Å². The summed E-state index contributed by atoms with van der Waals surface area (Å²) in [5, 5.41) is 3.07. The molecule has 1 aromatic rings. The molecule has 0 unspecified atom stereocenters. The highest BCUT2D eigenvalue weighted by molar-refractivity contribution is 5.90. The van der Waals surface area contributed by atoms with Crippen molar-refractivity contribution in [3.05, 3.63) is 17.5 Å². The van der Waals surface area contributed by atoms with Crippen molar-refractivity contribution in [1.29, 1.82) is 0 Å². The summed E-state index contributed by atoms with van der Waals surface area (Å²) in [5.41, 5.74) is 1.00. The van der Waals surface area contributed by atoms with Gasteiger partial charge in [0.05, 0.1) is 24.5 Å². The minimum Gasteiger partial charge on any atom is -0.462 e. The summed E-state index contributed by atoms with van der Waals surface area (Å²) in [6.45, 7) is 10.2. The Hall–Kier alpha value is -1.69. The molecule has 118 valence electrons. The largest absolute Gasteiger partial charge is 0.462 e. The molecule has 0 saturated heterocycles. The van der Waals surface area contributed by atoms with Crippen LogP contribution in [0.2, 0.25) is 0 Å². The lowest BCUT2D eigenvalue weighted by atomic mass is 10.1. The molecule has 0 aliphatic heterocycles. The summed E-state index contributed by atoms with van der Waals surface area (Å²) in [6, 6.07) is 0. The lowest BCUT2D eigenvalue weighted by Crippen LogP contribution is -2.14. The molecule has 21 heavy (non-hydrogen) atoms. The van der Waals surface area contributed by atoms with E-state index in [0.717, 1.165) is 13.0 Å². The predicted octanol–water partition coefficient (Wildman–Crippen LogP) is 2.44. The van der Waals surface area contributed by atoms with Gasteiger partial charge in [0.1, 0.15) is 0 Å². The Morgan fingerprint density at radius 1 is 1.38 bits per heavy atom. The van der Waals surface area contributed by atoms with Gasteiger partial charge < -0.3 is 14.8 Å². The Labute approximate surface area is 126 Å². The van der Waals surface area contributed by atoms with E-state index in [4.69, 9.17) is 9.47 Å². The lowest BCUT2D eigenvalue weighted by Gasteiger charge is -2.09. The molecule has 0 fully saturated rings. The van der Waals surface area contributed by atoms with Gasteiger partial charge in [0.2, 0.25) is 5.95 Å². The van der Waals surface area contributed by atoms with Crippen molar-refractivity contribution in [2.24, 2.45) is 5.92 Å². The first-order chi connectivity index (χ1) is 10.0. The van der Waals surface area contributed by atoms with E-state index < -0.39 is 5.97 Å². The SMILES string of the molecule is CCOC(=O)c1cnc(NCCOCCC(C)C)nc1C. The molecule has 0 aliphatic carbocycles. The standard InChI is InChI=1S/C15H25N3O3/c1-5-21-14(19)13-10-17-15(18-12(13)4)16-7-9-20-8-6-11(2)3/h10-11H,5-9H2,1-4H3,(H,16,17,18). The number of hydrogen-bond donors (Lipinski definition) is 1. The number of carbonyl (C=O) groups is 1. The Bertz CT molecular complexity index is 450. The average molecular weight is 295 g/mol. The molecule has 1 aromatic heterocycles. The van der Waals surface area contributed by atoms with Crippen molar-refractivity contribution in [1.82, 2.24) is 9.97 Å². The molecule has 0 atom stereocenters. The Morgan fingerprint density at radius 3 is 2.76 bits per heavy atom. The number of carbonyl (C=O) groups excluding carboxylic acids is 1. The van der Waals surface area contributed by atoms with Gasteiger partial charge in [-0.15, -0.1) is 0 Å². The van der Waals surface area contributed by atoms with E-state index in [-0.39, 0.29) is 0 Å². The highest BCUT2D eigenvalue weighted by Gasteiger charge is 2.12. The number of rotatable bonds is 9. The van der Waals surface area contributed by atoms with Crippen LogP contribution in [0.25, 0.3) is 0 Å². The summed E-state index contributed by atoms with van der Waals surface area (Å²) in [7, 11) is 0. The monoisotopic (exact) mass is 295 g/mol. The van der Waals surface area contributed by atoms with Crippen LogP contribution in [0.3, 0.4) is 0 Å². The molecular formula is C15H25N3O3. The fourth-order valence-corrected chi connectivity index (χ4v) is 1.62. The second kappa shape index (κ2) is 9.28. The number of anilines is 1. The summed E-state index contributed by atoms with van der Waals surface area (Å²) in [4.78, 5) is 20.0. The van der Waals surface area contributed by atoms with Crippen LogP contribution < -0.4 is 5.32 Å². The van der Waals surface area contributed by atoms with Crippen LogP contribution in [-0.4, -0.2) is 42.3 Å². The smallest absolute Gasteiger partial charge is 0.341 e. The zero-order chi connectivity index (χ0) is 15.7. The van der Waals surface area contributed by atoms with Crippen LogP contribution in [-0.2, 0) is 9.47 Å². The van der Waals surface area contributed by atoms with E-state index in [2.05, 4.69) is 29.1 Å². The van der Waals surface area contributed by atoms with Crippen molar-refractivity contribution < 1.29 is 14.3 Å². The number of aromatic nitrogens is 2. The maximum atomic E-state index is 11.6. The van der Waals surface area contributed by atoms with Gasteiger partial charge in [-0.2, -0.15) is 0 Å². The second-order valence-corrected chi connectivity index (χ2v) is 5.13. The van der Waals surface area contributed by atoms with Crippen molar-refractivity contribution in [3.63, 3.8) is 0 Å². The van der Waals surface area contributed by atoms with Gasteiger partial charge in [0.25, 0.3) is 0 Å². The highest BCUT2D eigenvalue weighted by Crippen LogP contribution is 2.08. The quantitative estimate of drug-likeness (QED) is 0.557. The van der Waals surface area contributed by atoms with Gasteiger partial charge in [0.15, 0.2) is 0 Å². The topological polar surface area (TPSA) is 73.3 Å². The molecule has 1 N–H and O–H groups in total. The first-order valence-electron chi connectivity index (χ1n) is 7.37. The minimum atomic E-state index is -0.390. The predicted molar refractivity (Wildman–Crippen MR) is 81.5 cm³/mol. The van der Waals surface area contributed by atoms with Gasteiger partial charge in [-0.3, -0.25) is 0 Å². The first-order valence-corrected chi connectivity index (χ1v) is 7.37. The van der Waals surface area contributed by atoms with E-state index in [1.165, 1.54) is 6.20 Å². The molecule has 0 spiro atoms. The van der Waals surface area contributed by atoms with Gasteiger partial charge in [-0.25, -0.2) is 14.8 Å². The van der Waals surface area contributed by atoms with E-state index >= 15 is 0 Å². The molecule has 0 bridgehead atoms. The molecule has 0 amide bonds. The summed E-state index contributed by atoms with van der Waals surface area (Å²) >= 11 is 0. The fourth-order valence-electron chi connectivity index (χ4n) is 1.62. The number of nitrogens with zero attached hydrogens (tertiary/aromatic N) is 2. The van der Waals surface area contributed by atoms with Crippen molar-refractivity contribution in [2.45, 2.75) is 34.1 Å². The third kappa shape index (κ3) is 6.53. The van der Waals surface area contributed by atoms with Crippen molar-refractivity contribution in [2.75, 3.05) is 31.7 Å². The van der Waals surface area contributed by atoms with Gasteiger partial charge in [-0.1, -0.05) is 13.8 Å². The zero-order valence-corrected chi connectivity index (χ0v) is 13.3. The van der Waals surface area contributed by atoms with Crippen LogP contribution in [0.5, 0.6) is 0 Å². The molecule has 0 saturated carbocycles. The van der Waals surface area contributed by atoms with E-state index in [0.29, 0.717) is 42.9 Å². The van der Waals surface area contributed by atoms with Crippen LogP contribution in [0.4, 0.5) is 5.95 Å². The third-order valence-corrected chi connectivity index (χ3v) is 2.84. The Kier molecular flexibility index (Phi) is 7.68. The highest BCUT2D eigenvalue weighted by atomic mass is 16.5. The van der Waals surface area contributed by atoms with Crippen LogP contribution in [0.1, 0.15) is 43.2 Å². The van der Waals surface area contributed by atoms with Gasteiger partial charge in [0, 0.05) is 19.3 Å². The molecule has 0 aliphatic rings. The van der Waals surface area contributed by atoms with Crippen molar-refractivity contribution >= 4 is 11.9 Å². The molecular weight excluding hydrogens is 270 g/mol. The molecule has 0 radical (unpaired) electrons. The molecule has 1 rings (SSSR count). The molecule has 6 nitrogen and oxygen atoms in total. The summed E-state index contributed by atoms with van der Waals surface area (Å²) in [6.07, 6.45) is 2.55. The first kappa shape index (κ1) is 17.4. The van der Waals surface area contributed by atoms with Crippen LogP contribution in [0.15, 0.2) is 6.20 Å². The Morgan fingerprint density at radius 2 is 2.14 bits per heavy atom. The summed E-state index contributed by atoms with van der Waals surface area (Å²) in [5.74, 6) is 0.755. The maximum absolute atomic E-state index is 11.6. The molecule has 6 heteroatoms. The fraction of sp³-hybridized carbons (Fsp3) is 0.667.